The van der Waals surface area contributed by atoms with Crippen molar-refractivity contribution in [2.45, 2.75) is 49.9 Å². The number of hydrogen-bond donors (Lipinski definition) is 3. The number of likely N-dealkylation sites (N-methyl/N-ethyl adjacent to an activating group) is 1. The number of piperazine rings is 1. The number of likely N-dealkylation sites (tertiary alicyclic amines) is 1. The van der Waals surface area contributed by atoms with Gasteiger partial charge >= 0.3 is 6.01 Å². The Morgan fingerprint density at radius 2 is 1.82 bits per heavy atom. The fourth-order valence-electron chi connectivity index (χ4n) is 7.20. The minimum atomic E-state index is -1.45. The predicted molar refractivity (Wildman–Crippen MR) is 164 cm³/mol. The molecule has 3 fully saturated rings. The number of aliphatic hydroxyl groups excluding tert-OH is 2. The van der Waals surface area contributed by atoms with Crippen molar-refractivity contribution < 1.29 is 29.2 Å². The summed E-state index contributed by atoms with van der Waals surface area (Å²) in [7, 11) is 2.06. The molecule has 0 radical (unpaired) electrons. The maximum atomic E-state index is 16.6. The molecule has 0 saturated carbocycles. The molecule has 3 N–H and O–H groups in total. The van der Waals surface area contributed by atoms with Gasteiger partial charge in [-0.2, -0.15) is 9.97 Å². The largest absolute Gasteiger partial charge is 0.508 e. The van der Waals surface area contributed by atoms with Crippen LogP contribution in [0.25, 0.3) is 32.8 Å². The summed E-state index contributed by atoms with van der Waals surface area (Å²) in [5.74, 6) is -0.429. The molecule has 3 aromatic carbocycles. The van der Waals surface area contributed by atoms with Gasteiger partial charge in [0.1, 0.15) is 23.7 Å². The summed E-state index contributed by atoms with van der Waals surface area (Å²) in [4.78, 5) is 28.2. The van der Waals surface area contributed by atoms with E-state index < -0.39 is 24.4 Å². The first-order valence-corrected chi connectivity index (χ1v) is 15.2. The molecule has 230 valence electrons. The molecule has 3 aliphatic heterocycles. The van der Waals surface area contributed by atoms with Crippen LogP contribution in [-0.4, -0.2) is 105 Å². The zero-order valence-electron chi connectivity index (χ0n) is 24.6. The van der Waals surface area contributed by atoms with E-state index in [1.807, 2.05) is 30.3 Å². The Labute approximate surface area is 254 Å². The molecule has 1 aromatic heterocycles. The molecule has 7 rings (SSSR count). The minimum Gasteiger partial charge on any atom is -0.508 e. The lowest BCUT2D eigenvalue weighted by molar-refractivity contribution is -0.145. The van der Waals surface area contributed by atoms with Crippen LogP contribution in [0.5, 0.6) is 11.8 Å². The zero-order valence-corrected chi connectivity index (χ0v) is 24.6. The maximum Gasteiger partial charge on any atom is 0.319 e. The lowest BCUT2D eigenvalue weighted by Crippen LogP contribution is -2.58. The third-order valence-electron chi connectivity index (χ3n) is 9.47. The Morgan fingerprint density at radius 1 is 1.05 bits per heavy atom. The molecule has 4 atom stereocenters. The van der Waals surface area contributed by atoms with E-state index in [2.05, 4.69) is 21.8 Å². The molecule has 10 nitrogen and oxygen atoms in total. The van der Waals surface area contributed by atoms with Gasteiger partial charge in [-0.15, -0.1) is 0 Å². The van der Waals surface area contributed by atoms with Gasteiger partial charge in [-0.25, -0.2) is 4.39 Å². The van der Waals surface area contributed by atoms with Gasteiger partial charge in [0.25, 0.3) is 5.91 Å². The lowest BCUT2D eigenvalue weighted by atomic mass is 9.96. The first-order valence-electron chi connectivity index (χ1n) is 15.2. The number of amides is 1. The van der Waals surface area contributed by atoms with Crippen molar-refractivity contribution in [3.05, 3.63) is 54.3 Å². The van der Waals surface area contributed by atoms with Crippen LogP contribution < -0.4 is 9.64 Å². The molecular formula is C33H36FN5O5. The number of phenols is 1. The first kappa shape index (κ1) is 28.7. The standard InChI is InChI=1S/C33H36FN5O5/c1-37-12-4-6-22(37)18-44-33-35-30-26(11-10-25(29(30)34)27-14-23(41)13-19-5-2-3-7-24(19)27)31(36-33)38-15-20-8-9-21(16-38)39(20)32(43)28(42)17-40/h2-3,5,7,10-11,13-14,20-22,28,40-42H,4,6,8-9,12,15-18H2,1H3/t20-,21+,22-,28?/m0/s1. The Kier molecular flexibility index (Phi) is 7.47. The van der Waals surface area contributed by atoms with Gasteiger partial charge in [0.2, 0.25) is 0 Å². The monoisotopic (exact) mass is 601 g/mol. The third-order valence-corrected chi connectivity index (χ3v) is 9.47. The third kappa shape index (κ3) is 4.98. The fraction of sp³-hybridized carbons (Fsp3) is 0.424. The first-order chi connectivity index (χ1) is 21.3. The second kappa shape index (κ2) is 11.5. The number of fused-ring (bicyclic) bond motifs is 4. The number of anilines is 1. The molecule has 1 amide bonds. The SMILES string of the molecule is CN1CCC[C@H]1COc1nc(N2C[C@H]3CC[C@@H](C2)N3C(=O)C(O)CO)c2ccc(-c3cc(O)cc4ccccc34)c(F)c2n1. The molecule has 4 heterocycles. The average Bonchev–Trinajstić information content (AvgIpc) is 3.56. The number of nitrogens with zero attached hydrogens (tertiary/aromatic N) is 5. The van der Waals surface area contributed by atoms with E-state index >= 15 is 4.39 Å². The molecule has 4 aromatic rings. The highest BCUT2D eigenvalue weighted by Crippen LogP contribution is 2.40. The Balaban J connectivity index is 1.31. The summed E-state index contributed by atoms with van der Waals surface area (Å²) in [6, 6.07) is 14.2. The number of rotatable bonds is 7. The number of aromatic nitrogens is 2. The highest BCUT2D eigenvalue weighted by atomic mass is 19.1. The number of carbonyl (C=O) groups excluding carboxylic acids is 1. The molecule has 2 bridgehead atoms. The van der Waals surface area contributed by atoms with Crippen LogP contribution in [-0.2, 0) is 4.79 Å². The second-order valence-electron chi connectivity index (χ2n) is 12.2. The van der Waals surface area contributed by atoms with E-state index in [-0.39, 0.29) is 35.4 Å². The van der Waals surface area contributed by atoms with Gasteiger partial charge in [0.15, 0.2) is 11.9 Å². The number of ether oxygens (including phenoxy) is 1. The number of aromatic hydroxyl groups is 1. The van der Waals surface area contributed by atoms with Gasteiger partial charge in [-0.05, 0) is 73.8 Å². The molecular weight excluding hydrogens is 565 g/mol. The Hall–Kier alpha value is -4.06. The normalized spacial score (nSPS) is 22.7. The number of aliphatic hydroxyl groups is 2. The predicted octanol–water partition coefficient (Wildman–Crippen LogP) is 3.30. The minimum absolute atomic E-state index is 0.0421. The van der Waals surface area contributed by atoms with Gasteiger partial charge in [-0.1, -0.05) is 30.3 Å². The Morgan fingerprint density at radius 3 is 2.55 bits per heavy atom. The van der Waals surface area contributed by atoms with E-state index in [1.165, 1.54) is 0 Å². The summed E-state index contributed by atoms with van der Waals surface area (Å²) in [6.45, 7) is 1.63. The number of phenolic OH excluding ortho intramolecular Hbond substituents is 1. The van der Waals surface area contributed by atoms with Crippen LogP contribution in [0.4, 0.5) is 10.2 Å². The number of benzene rings is 3. The quantitative estimate of drug-likeness (QED) is 0.293. The number of carbonyl (C=O) groups is 1. The van der Waals surface area contributed by atoms with Crippen LogP contribution in [0.1, 0.15) is 25.7 Å². The molecule has 1 unspecified atom stereocenters. The highest BCUT2D eigenvalue weighted by Gasteiger charge is 2.44. The van der Waals surface area contributed by atoms with Crippen molar-refractivity contribution in [3.63, 3.8) is 0 Å². The van der Waals surface area contributed by atoms with Crippen molar-refractivity contribution in [2.24, 2.45) is 0 Å². The molecule has 0 aliphatic carbocycles. The molecule has 44 heavy (non-hydrogen) atoms. The topological polar surface area (TPSA) is 122 Å². The van der Waals surface area contributed by atoms with E-state index in [1.54, 1.807) is 23.1 Å². The van der Waals surface area contributed by atoms with E-state index in [0.717, 1.165) is 43.0 Å². The van der Waals surface area contributed by atoms with Crippen molar-refractivity contribution in [1.29, 1.82) is 0 Å². The van der Waals surface area contributed by atoms with Crippen molar-refractivity contribution in [1.82, 2.24) is 19.8 Å². The smallest absolute Gasteiger partial charge is 0.319 e. The number of hydrogen-bond acceptors (Lipinski definition) is 9. The van der Waals surface area contributed by atoms with Crippen LogP contribution in [0, 0.1) is 5.82 Å². The van der Waals surface area contributed by atoms with Crippen LogP contribution in [0.15, 0.2) is 48.5 Å². The van der Waals surface area contributed by atoms with Crippen molar-refractivity contribution >= 4 is 33.4 Å². The van der Waals surface area contributed by atoms with Crippen LogP contribution in [0.2, 0.25) is 0 Å². The summed E-state index contributed by atoms with van der Waals surface area (Å²) in [5, 5.41) is 32.0. The molecule has 3 aliphatic rings. The van der Waals surface area contributed by atoms with E-state index in [9.17, 15) is 20.1 Å². The Bertz CT molecular complexity index is 1720. The zero-order chi connectivity index (χ0) is 30.5. The summed E-state index contributed by atoms with van der Waals surface area (Å²) in [6.07, 6.45) is 2.16. The van der Waals surface area contributed by atoms with Crippen LogP contribution >= 0.6 is 0 Å². The van der Waals surface area contributed by atoms with Gasteiger partial charge in [0.05, 0.1) is 6.61 Å². The van der Waals surface area contributed by atoms with Crippen molar-refractivity contribution in [3.8, 4) is 22.9 Å². The summed E-state index contributed by atoms with van der Waals surface area (Å²) < 4.78 is 22.8. The molecule has 3 saturated heterocycles. The van der Waals surface area contributed by atoms with Crippen LogP contribution in [0.3, 0.4) is 0 Å². The highest BCUT2D eigenvalue weighted by molar-refractivity contribution is 6.01. The summed E-state index contributed by atoms with van der Waals surface area (Å²) >= 11 is 0. The van der Waals surface area contributed by atoms with Crippen molar-refractivity contribution in [2.75, 3.05) is 44.8 Å². The fourth-order valence-corrected chi connectivity index (χ4v) is 7.20. The second-order valence-corrected chi connectivity index (χ2v) is 12.2. The van der Waals surface area contributed by atoms with Gasteiger partial charge < -0.3 is 34.8 Å². The molecule has 11 heteroatoms. The number of halogens is 1. The average molecular weight is 602 g/mol. The summed E-state index contributed by atoms with van der Waals surface area (Å²) in [5.41, 5.74) is 0.989. The maximum absolute atomic E-state index is 16.6. The van der Waals surface area contributed by atoms with Gasteiger partial charge in [0, 0.05) is 42.2 Å². The van der Waals surface area contributed by atoms with E-state index in [4.69, 9.17) is 9.72 Å². The van der Waals surface area contributed by atoms with E-state index in [0.29, 0.717) is 42.0 Å². The molecule has 0 spiro atoms. The lowest BCUT2D eigenvalue weighted by Gasteiger charge is -2.42. The van der Waals surface area contributed by atoms with Gasteiger partial charge in [-0.3, -0.25) is 4.79 Å².